The van der Waals surface area contributed by atoms with Gasteiger partial charge in [0.25, 0.3) is 0 Å². The minimum absolute atomic E-state index is 0.160. The molecule has 0 radical (unpaired) electrons. The number of rotatable bonds is 1. The van der Waals surface area contributed by atoms with Crippen LogP contribution in [0, 0.1) is 0 Å². The fraction of sp³-hybridized carbons (Fsp3) is 0.875. The molecule has 0 saturated carbocycles. The topological polar surface area (TPSA) is 70.8 Å². The van der Waals surface area contributed by atoms with Gasteiger partial charge in [-0.05, 0) is 13.8 Å². The van der Waals surface area contributed by atoms with Gasteiger partial charge in [0.05, 0.1) is 6.61 Å². The minimum atomic E-state index is -0.660. The van der Waals surface area contributed by atoms with Crippen molar-refractivity contribution in [2.45, 2.75) is 37.9 Å². The summed E-state index contributed by atoms with van der Waals surface area (Å²) in [4.78, 5) is 10.9. The third kappa shape index (κ3) is 1.43. The highest BCUT2D eigenvalue weighted by Gasteiger charge is 2.51. The van der Waals surface area contributed by atoms with E-state index in [0.29, 0.717) is 6.61 Å². The summed E-state index contributed by atoms with van der Waals surface area (Å²) in [5, 5.41) is 0. The Morgan fingerprint density at radius 2 is 2.15 bits per heavy atom. The molecule has 2 saturated heterocycles. The van der Waals surface area contributed by atoms with E-state index in [9.17, 15) is 4.79 Å². The summed E-state index contributed by atoms with van der Waals surface area (Å²) in [7, 11) is 0. The quantitative estimate of drug-likeness (QED) is 0.594. The first-order chi connectivity index (χ1) is 5.99. The van der Waals surface area contributed by atoms with Crippen LogP contribution in [0.1, 0.15) is 13.8 Å². The summed E-state index contributed by atoms with van der Waals surface area (Å²) >= 11 is 0. The number of amides is 1. The maximum atomic E-state index is 10.9. The Morgan fingerprint density at radius 1 is 1.46 bits per heavy atom. The number of hydrogen-bond donors (Lipinski definition) is 1. The molecule has 0 aromatic carbocycles. The van der Waals surface area contributed by atoms with E-state index in [2.05, 4.69) is 0 Å². The molecule has 5 nitrogen and oxygen atoms in total. The van der Waals surface area contributed by atoms with Gasteiger partial charge in [0.1, 0.15) is 12.2 Å². The SMILES string of the molecule is CC1(C)OC2COC(C(N)=O)C2O1. The van der Waals surface area contributed by atoms with Crippen LogP contribution in [-0.2, 0) is 19.0 Å². The maximum Gasteiger partial charge on any atom is 0.249 e. The number of nitrogens with two attached hydrogens (primary N) is 1. The predicted molar refractivity (Wildman–Crippen MR) is 42.8 cm³/mol. The van der Waals surface area contributed by atoms with Gasteiger partial charge in [-0.3, -0.25) is 4.79 Å². The second-order valence-electron chi connectivity index (χ2n) is 3.79. The van der Waals surface area contributed by atoms with Crippen molar-refractivity contribution in [3.8, 4) is 0 Å². The molecule has 2 heterocycles. The van der Waals surface area contributed by atoms with Crippen molar-refractivity contribution in [3.05, 3.63) is 0 Å². The van der Waals surface area contributed by atoms with E-state index in [1.165, 1.54) is 0 Å². The second kappa shape index (κ2) is 2.67. The summed E-state index contributed by atoms with van der Waals surface area (Å²) in [6.45, 7) is 3.99. The van der Waals surface area contributed by atoms with Crippen LogP contribution in [0.25, 0.3) is 0 Å². The average Bonchev–Trinajstić information content (AvgIpc) is 2.41. The van der Waals surface area contributed by atoms with Gasteiger partial charge < -0.3 is 19.9 Å². The molecule has 13 heavy (non-hydrogen) atoms. The highest BCUT2D eigenvalue weighted by molar-refractivity contribution is 5.80. The second-order valence-corrected chi connectivity index (χ2v) is 3.79. The van der Waals surface area contributed by atoms with Crippen molar-refractivity contribution in [1.82, 2.24) is 0 Å². The van der Waals surface area contributed by atoms with Crippen molar-refractivity contribution < 1.29 is 19.0 Å². The van der Waals surface area contributed by atoms with Gasteiger partial charge in [0, 0.05) is 0 Å². The Hall–Kier alpha value is -0.650. The van der Waals surface area contributed by atoms with Gasteiger partial charge in [-0.2, -0.15) is 0 Å². The molecule has 0 bridgehead atoms. The molecule has 1 amide bonds. The predicted octanol–water partition coefficient (Wildman–Crippen LogP) is -0.609. The molecule has 2 fully saturated rings. The molecular weight excluding hydrogens is 174 g/mol. The number of ether oxygens (including phenoxy) is 3. The van der Waals surface area contributed by atoms with Crippen LogP contribution in [0.4, 0.5) is 0 Å². The molecule has 0 aromatic heterocycles. The van der Waals surface area contributed by atoms with Crippen molar-refractivity contribution >= 4 is 5.91 Å². The van der Waals surface area contributed by atoms with Gasteiger partial charge in [-0.15, -0.1) is 0 Å². The van der Waals surface area contributed by atoms with E-state index in [0.717, 1.165) is 0 Å². The van der Waals surface area contributed by atoms with Gasteiger partial charge in [-0.25, -0.2) is 0 Å². The fourth-order valence-electron chi connectivity index (χ4n) is 1.79. The molecular formula is C8H13NO4. The molecule has 5 heteroatoms. The van der Waals surface area contributed by atoms with E-state index in [-0.39, 0.29) is 12.2 Å². The van der Waals surface area contributed by atoms with Gasteiger partial charge >= 0.3 is 0 Å². The van der Waals surface area contributed by atoms with Crippen molar-refractivity contribution in [1.29, 1.82) is 0 Å². The standard InChI is InChI=1S/C8H13NO4/c1-8(2)12-4-3-11-6(7(9)10)5(4)13-8/h4-6H,3H2,1-2H3,(H2,9,10). The van der Waals surface area contributed by atoms with Crippen LogP contribution in [-0.4, -0.2) is 36.6 Å². The zero-order chi connectivity index (χ0) is 9.64. The number of primary amides is 1. The molecule has 3 atom stereocenters. The summed E-state index contributed by atoms with van der Waals surface area (Å²) in [5.74, 6) is -1.12. The number of fused-ring (bicyclic) bond motifs is 1. The molecule has 0 spiro atoms. The van der Waals surface area contributed by atoms with E-state index >= 15 is 0 Å². The summed E-state index contributed by atoms with van der Waals surface area (Å²) in [5.41, 5.74) is 5.14. The van der Waals surface area contributed by atoms with Crippen LogP contribution in [0.3, 0.4) is 0 Å². The van der Waals surface area contributed by atoms with E-state index in [1.54, 1.807) is 0 Å². The number of carbonyl (C=O) groups is 1. The highest BCUT2D eigenvalue weighted by Crippen LogP contribution is 2.34. The number of carbonyl (C=O) groups excluding carboxylic acids is 1. The Morgan fingerprint density at radius 3 is 2.77 bits per heavy atom. The lowest BCUT2D eigenvalue weighted by atomic mass is 10.1. The van der Waals surface area contributed by atoms with Crippen LogP contribution in [0.15, 0.2) is 0 Å². The highest BCUT2D eigenvalue weighted by atomic mass is 16.8. The average molecular weight is 187 g/mol. The monoisotopic (exact) mass is 187 g/mol. The minimum Gasteiger partial charge on any atom is -0.367 e. The normalized spacial score (nSPS) is 41.8. The van der Waals surface area contributed by atoms with Crippen molar-refractivity contribution in [2.24, 2.45) is 5.73 Å². The molecule has 2 rings (SSSR count). The first-order valence-corrected chi connectivity index (χ1v) is 4.26. The first-order valence-electron chi connectivity index (χ1n) is 4.26. The molecule has 0 aliphatic carbocycles. The van der Waals surface area contributed by atoms with Crippen LogP contribution >= 0.6 is 0 Å². The Kier molecular flexibility index (Phi) is 1.83. The summed E-state index contributed by atoms with van der Waals surface area (Å²) < 4.78 is 16.1. The third-order valence-corrected chi connectivity index (χ3v) is 2.24. The molecule has 3 unspecified atom stereocenters. The van der Waals surface area contributed by atoms with Gasteiger partial charge in [0.2, 0.25) is 5.91 Å². The van der Waals surface area contributed by atoms with Crippen LogP contribution in [0.5, 0.6) is 0 Å². The van der Waals surface area contributed by atoms with Gasteiger partial charge in [0.15, 0.2) is 11.9 Å². The van der Waals surface area contributed by atoms with Crippen LogP contribution in [0.2, 0.25) is 0 Å². The summed E-state index contributed by atoms with van der Waals surface area (Å²) in [6, 6.07) is 0. The molecule has 2 N–H and O–H groups in total. The Bertz CT molecular complexity index is 240. The largest absolute Gasteiger partial charge is 0.367 e. The Labute approximate surface area is 76.1 Å². The van der Waals surface area contributed by atoms with E-state index in [4.69, 9.17) is 19.9 Å². The van der Waals surface area contributed by atoms with Gasteiger partial charge in [-0.1, -0.05) is 0 Å². The molecule has 74 valence electrons. The first kappa shape index (κ1) is 8.93. The van der Waals surface area contributed by atoms with Crippen LogP contribution < -0.4 is 5.73 Å². The zero-order valence-electron chi connectivity index (χ0n) is 7.65. The van der Waals surface area contributed by atoms with Crippen molar-refractivity contribution in [2.75, 3.05) is 6.61 Å². The van der Waals surface area contributed by atoms with Crippen molar-refractivity contribution in [3.63, 3.8) is 0 Å². The maximum absolute atomic E-state index is 10.9. The smallest absolute Gasteiger partial charge is 0.249 e. The molecule has 2 aliphatic rings. The lowest BCUT2D eigenvalue weighted by Crippen LogP contribution is -2.39. The molecule has 2 aliphatic heterocycles. The summed E-state index contributed by atoms with van der Waals surface area (Å²) in [6.07, 6.45) is -1.16. The lowest BCUT2D eigenvalue weighted by Gasteiger charge is -2.20. The number of hydrogen-bond acceptors (Lipinski definition) is 4. The Balaban J connectivity index is 2.12. The zero-order valence-corrected chi connectivity index (χ0v) is 7.65. The molecule has 0 aromatic rings. The fourth-order valence-corrected chi connectivity index (χ4v) is 1.79. The van der Waals surface area contributed by atoms with E-state index in [1.807, 2.05) is 13.8 Å². The lowest BCUT2D eigenvalue weighted by molar-refractivity contribution is -0.177. The van der Waals surface area contributed by atoms with E-state index < -0.39 is 17.8 Å². The third-order valence-electron chi connectivity index (χ3n) is 2.24.